The van der Waals surface area contributed by atoms with Gasteiger partial charge in [0.2, 0.25) is 0 Å². The van der Waals surface area contributed by atoms with Crippen LogP contribution in [-0.2, 0) is 26.3 Å². The van der Waals surface area contributed by atoms with E-state index in [1.54, 1.807) is 6.92 Å². The van der Waals surface area contributed by atoms with Gasteiger partial charge < -0.3 is 5.11 Å². The van der Waals surface area contributed by atoms with Crippen molar-refractivity contribution in [2.45, 2.75) is 23.1 Å². The molecule has 11 heteroatoms. The Labute approximate surface area is 183 Å². The fourth-order valence-corrected chi connectivity index (χ4v) is 5.77. The molecule has 2 aromatic carbocycles. The topological polar surface area (TPSA) is 118 Å². The lowest BCUT2D eigenvalue weighted by molar-refractivity contribution is 0.0696. The molecule has 1 heterocycles. The van der Waals surface area contributed by atoms with Crippen molar-refractivity contribution in [1.29, 1.82) is 0 Å². The normalized spacial score (nSPS) is 12.0. The largest absolute Gasteiger partial charge is 0.478 e. The summed E-state index contributed by atoms with van der Waals surface area (Å²) in [6.07, 6.45) is 1.30. The van der Waals surface area contributed by atoms with Gasteiger partial charge in [-0.15, -0.1) is 11.3 Å². The third kappa shape index (κ3) is 4.94. The van der Waals surface area contributed by atoms with Gasteiger partial charge in [0, 0.05) is 16.7 Å². The number of sulfonamides is 1. The van der Waals surface area contributed by atoms with E-state index in [0.717, 1.165) is 29.7 Å². The minimum Gasteiger partial charge on any atom is -0.478 e. The molecule has 0 saturated heterocycles. The van der Waals surface area contributed by atoms with Gasteiger partial charge >= 0.3 is 5.97 Å². The van der Waals surface area contributed by atoms with Gasteiger partial charge in [-0.25, -0.2) is 21.6 Å². The Hall–Kier alpha value is -2.76. The number of rotatable bonds is 7. The zero-order valence-electron chi connectivity index (χ0n) is 16.4. The van der Waals surface area contributed by atoms with Crippen molar-refractivity contribution in [1.82, 2.24) is 0 Å². The van der Waals surface area contributed by atoms with Crippen molar-refractivity contribution in [2.24, 2.45) is 0 Å². The van der Waals surface area contributed by atoms with Gasteiger partial charge in [-0.3, -0.25) is 4.72 Å². The summed E-state index contributed by atoms with van der Waals surface area (Å²) < 4.78 is 66.3. The molecule has 0 unspecified atom stereocenters. The second-order valence-electron chi connectivity index (χ2n) is 6.67. The van der Waals surface area contributed by atoms with Crippen LogP contribution in [0.15, 0.2) is 58.3 Å². The monoisotopic (exact) mass is 483 g/mol. The molecule has 1 aromatic heterocycles. The quantitative estimate of drug-likeness (QED) is 0.524. The van der Waals surface area contributed by atoms with E-state index in [4.69, 9.17) is 0 Å². The molecule has 0 saturated carbocycles. The predicted octanol–water partition coefficient (Wildman–Crippen LogP) is 4.02. The summed E-state index contributed by atoms with van der Waals surface area (Å²) in [7, 11) is -7.95. The molecular weight excluding hydrogens is 465 g/mol. The van der Waals surface area contributed by atoms with Gasteiger partial charge in [0.25, 0.3) is 10.0 Å². The Bertz CT molecular complexity index is 1380. The highest BCUT2D eigenvalue weighted by molar-refractivity contribution is 7.92. The molecule has 0 bridgehead atoms. The molecule has 0 aliphatic rings. The van der Waals surface area contributed by atoms with E-state index >= 15 is 0 Å². The number of benzene rings is 2. The fourth-order valence-electron chi connectivity index (χ4n) is 2.94. The van der Waals surface area contributed by atoms with Crippen molar-refractivity contribution < 1.29 is 31.1 Å². The summed E-state index contributed by atoms with van der Waals surface area (Å²) in [5.74, 6) is -1.28. The Morgan fingerprint density at radius 3 is 2.32 bits per heavy atom. The summed E-state index contributed by atoms with van der Waals surface area (Å²) in [6, 6.07) is 10.3. The number of nitrogens with one attached hydrogen (secondary N) is 1. The molecule has 164 valence electrons. The van der Waals surface area contributed by atoms with Crippen LogP contribution in [0.5, 0.6) is 0 Å². The summed E-state index contributed by atoms with van der Waals surface area (Å²) >= 11 is 0.776. The molecule has 0 fully saturated rings. The van der Waals surface area contributed by atoms with E-state index in [-0.39, 0.29) is 26.6 Å². The highest BCUT2D eigenvalue weighted by atomic mass is 32.2. The number of carboxylic acids is 1. The van der Waals surface area contributed by atoms with Crippen molar-refractivity contribution in [3.05, 3.63) is 64.8 Å². The standard InChI is InChI=1S/C20H18FNO6S3/c1-3-12-4-5-13(20(23)24)10-18(12)31(27,28)22-16-11-14(30(2,25)26)6-7-15(16)17-8-9-19(21)29-17/h4-11,22H,3H2,1-2H3,(H,23,24). The van der Waals surface area contributed by atoms with Crippen LogP contribution in [-0.4, -0.2) is 34.2 Å². The van der Waals surface area contributed by atoms with Gasteiger partial charge in [0.15, 0.2) is 15.0 Å². The molecule has 2 N–H and O–H groups in total. The molecule has 31 heavy (non-hydrogen) atoms. The minimum absolute atomic E-state index is 0.0624. The number of aryl methyl sites for hydroxylation is 1. The maximum atomic E-state index is 13.6. The number of anilines is 1. The first-order valence-electron chi connectivity index (χ1n) is 8.91. The Kier molecular flexibility index (Phi) is 6.21. The number of aromatic carboxylic acids is 1. The average molecular weight is 484 g/mol. The van der Waals surface area contributed by atoms with Gasteiger partial charge in [-0.05, 0) is 48.4 Å². The number of halogens is 1. The minimum atomic E-state index is -4.30. The molecule has 3 aromatic rings. The first-order chi connectivity index (χ1) is 14.4. The molecule has 0 aliphatic heterocycles. The summed E-state index contributed by atoms with van der Waals surface area (Å²) in [5.41, 5.74) is 0.411. The smallest absolute Gasteiger partial charge is 0.335 e. The predicted molar refractivity (Wildman–Crippen MR) is 116 cm³/mol. The highest BCUT2D eigenvalue weighted by Gasteiger charge is 2.23. The molecule has 0 spiro atoms. The zero-order chi connectivity index (χ0) is 23.0. The lowest BCUT2D eigenvalue weighted by Crippen LogP contribution is -2.17. The van der Waals surface area contributed by atoms with E-state index in [1.807, 2.05) is 0 Å². The fraction of sp³-hybridized carbons (Fsp3) is 0.150. The molecule has 3 rings (SSSR count). The third-order valence-electron chi connectivity index (χ3n) is 4.49. The van der Waals surface area contributed by atoms with Crippen LogP contribution < -0.4 is 4.72 Å². The van der Waals surface area contributed by atoms with E-state index in [1.165, 1.54) is 36.4 Å². The van der Waals surface area contributed by atoms with Crippen LogP contribution in [0, 0.1) is 5.13 Å². The first-order valence-corrected chi connectivity index (χ1v) is 13.1. The van der Waals surface area contributed by atoms with Gasteiger partial charge in [0.1, 0.15) is 0 Å². The highest BCUT2D eigenvalue weighted by Crippen LogP contribution is 2.36. The van der Waals surface area contributed by atoms with Crippen LogP contribution in [0.1, 0.15) is 22.8 Å². The van der Waals surface area contributed by atoms with Gasteiger partial charge in [-0.1, -0.05) is 19.1 Å². The van der Waals surface area contributed by atoms with Crippen molar-refractivity contribution in [2.75, 3.05) is 11.0 Å². The number of carbonyl (C=O) groups is 1. The maximum absolute atomic E-state index is 13.6. The molecule has 0 atom stereocenters. The summed E-state index contributed by atoms with van der Waals surface area (Å²) in [5, 5.41) is 8.75. The Morgan fingerprint density at radius 1 is 1.06 bits per heavy atom. The number of hydrogen-bond acceptors (Lipinski definition) is 6. The summed E-state index contributed by atoms with van der Waals surface area (Å²) in [6.45, 7) is 1.72. The number of hydrogen-bond donors (Lipinski definition) is 2. The van der Waals surface area contributed by atoms with Crippen LogP contribution in [0.2, 0.25) is 0 Å². The van der Waals surface area contributed by atoms with Gasteiger partial charge in [0.05, 0.1) is 21.0 Å². The first kappa shape index (κ1) is 22.9. The Balaban J connectivity index is 2.18. The second kappa shape index (κ2) is 8.40. The van der Waals surface area contributed by atoms with E-state index in [2.05, 4.69) is 4.72 Å². The molecule has 0 radical (unpaired) electrons. The summed E-state index contributed by atoms with van der Waals surface area (Å²) in [4.78, 5) is 11.4. The van der Waals surface area contributed by atoms with E-state index in [9.17, 15) is 31.1 Å². The molecule has 0 amide bonds. The Morgan fingerprint density at radius 2 is 1.77 bits per heavy atom. The van der Waals surface area contributed by atoms with Crippen LogP contribution in [0.3, 0.4) is 0 Å². The zero-order valence-corrected chi connectivity index (χ0v) is 18.9. The molecular formula is C20H18FNO6S3. The van der Waals surface area contributed by atoms with Crippen molar-refractivity contribution in [3.8, 4) is 10.4 Å². The average Bonchev–Trinajstić information content (AvgIpc) is 3.12. The number of sulfone groups is 1. The lowest BCUT2D eigenvalue weighted by Gasteiger charge is -2.15. The van der Waals surface area contributed by atoms with Crippen LogP contribution in [0.25, 0.3) is 10.4 Å². The van der Waals surface area contributed by atoms with Crippen molar-refractivity contribution >= 4 is 42.9 Å². The lowest BCUT2D eigenvalue weighted by atomic mass is 10.1. The van der Waals surface area contributed by atoms with Crippen LogP contribution >= 0.6 is 11.3 Å². The molecule has 7 nitrogen and oxygen atoms in total. The van der Waals surface area contributed by atoms with E-state index in [0.29, 0.717) is 16.9 Å². The molecule has 0 aliphatic carbocycles. The van der Waals surface area contributed by atoms with Crippen LogP contribution in [0.4, 0.5) is 10.1 Å². The SMILES string of the molecule is CCc1ccc(C(=O)O)cc1S(=O)(=O)Nc1cc(S(C)(=O)=O)ccc1-c1ccc(F)s1. The number of carboxylic acid groups (broad SMARTS) is 1. The maximum Gasteiger partial charge on any atom is 0.335 e. The third-order valence-corrected chi connectivity index (χ3v) is 7.95. The van der Waals surface area contributed by atoms with Crippen molar-refractivity contribution in [3.63, 3.8) is 0 Å². The van der Waals surface area contributed by atoms with Gasteiger partial charge in [-0.2, -0.15) is 4.39 Å². The second-order valence-corrected chi connectivity index (χ2v) is 11.4. The van der Waals surface area contributed by atoms with E-state index < -0.39 is 31.0 Å². The number of thiophene rings is 1.